The number of rotatable bonds is 0. The number of nitrogens with zero attached hydrogens (tertiary/aromatic N) is 4. The van der Waals surface area contributed by atoms with Crippen LogP contribution in [0.25, 0.3) is 0 Å². The zero-order chi connectivity index (χ0) is 10.5. The smallest absolute Gasteiger partial charge is 0.345 e. The minimum Gasteiger partial charge on any atom is -0.345 e. The molecule has 0 saturated heterocycles. The van der Waals surface area contributed by atoms with Crippen LogP contribution in [0.15, 0.2) is 9.98 Å². The summed E-state index contributed by atoms with van der Waals surface area (Å²) in [5, 5.41) is 0. The molecular weight excluding hydrogens is 184 g/mol. The first-order valence-corrected chi connectivity index (χ1v) is 4.16. The maximum absolute atomic E-state index is 11.9. The van der Waals surface area contributed by atoms with Gasteiger partial charge in [0.2, 0.25) is 0 Å². The van der Waals surface area contributed by atoms with Crippen molar-refractivity contribution in [3.8, 4) is 0 Å². The van der Waals surface area contributed by atoms with Crippen molar-refractivity contribution in [2.24, 2.45) is 9.98 Å². The highest BCUT2D eigenvalue weighted by Crippen LogP contribution is 2.26. The van der Waals surface area contributed by atoms with Crippen molar-refractivity contribution in [1.29, 1.82) is 0 Å². The first-order chi connectivity index (χ1) is 6.48. The standard InChI is InChI=1S/C8H10N4O2/c1-8-5(9-4-11(8)2)10-7(14)12(3)6(8)13/h4H,1-3H3. The van der Waals surface area contributed by atoms with E-state index in [9.17, 15) is 9.59 Å². The van der Waals surface area contributed by atoms with Crippen molar-refractivity contribution in [1.82, 2.24) is 9.80 Å². The molecular formula is C8H10N4O2. The molecule has 2 heterocycles. The van der Waals surface area contributed by atoms with Crippen LogP contribution >= 0.6 is 0 Å². The predicted molar refractivity (Wildman–Crippen MR) is 50.3 cm³/mol. The number of carbonyl (C=O) groups is 2. The van der Waals surface area contributed by atoms with Crippen LogP contribution in [0.1, 0.15) is 6.92 Å². The Hall–Kier alpha value is -1.72. The number of fused-ring (bicyclic) bond motifs is 1. The molecule has 0 bridgehead atoms. The first-order valence-electron chi connectivity index (χ1n) is 4.16. The Labute approximate surface area is 80.9 Å². The van der Waals surface area contributed by atoms with E-state index in [1.807, 2.05) is 0 Å². The Morgan fingerprint density at radius 2 is 2.00 bits per heavy atom. The number of amidine groups is 1. The zero-order valence-corrected chi connectivity index (χ0v) is 8.18. The molecule has 0 N–H and O–H groups in total. The highest BCUT2D eigenvalue weighted by Gasteiger charge is 2.51. The average molecular weight is 194 g/mol. The van der Waals surface area contributed by atoms with Crippen LogP contribution in [0, 0.1) is 0 Å². The number of amides is 3. The lowest BCUT2D eigenvalue weighted by molar-refractivity contribution is -0.133. The van der Waals surface area contributed by atoms with Gasteiger partial charge in [-0.15, -0.1) is 0 Å². The third kappa shape index (κ3) is 0.799. The zero-order valence-electron chi connectivity index (χ0n) is 8.18. The normalized spacial score (nSPS) is 30.9. The van der Waals surface area contributed by atoms with Crippen molar-refractivity contribution in [3.05, 3.63) is 0 Å². The van der Waals surface area contributed by atoms with Gasteiger partial charge in [-0.05, 0) is 6.92 Å². The summed E-state index contributed by atoms with van der Waals surface area (Å²) in [4.78, 5) is 33.4. The third-order valence-corrected chi connectivity index (χ3v) is 2.70. The molecule has 0 aromatic rings. The van der Waals surface area contributed by atoms with Gasteiger partial charge >= 0.3 is 6.03 Å². The molecule has 14 heavy (non-hydrogen) atoms. The second-order valence-corrected chi connectivity index (χ2v) is 3.51. The van der Waals surface area contributed by atoms with Gasteiger partial charge in [0.15, 0.2) is 11.4 Å². The summed E-state index contributed by atoms with van der Waals surface area (Å²) < 4.78 is 0. The van der Waals surface area contributed by atoms with E-state index in [1.165, 1.54) is 13.4 Å². The van der Waals surface area contributed by atoms with E-state index in [2.05, 4.69) is 9.98 Å². The Balaban J connectivity index is 2.57. The van der Waals surface area contributed by atoms with E-state index < -0.39 is 11.6 Å². The number of urea groups is 1. The lowest BCUT2D eigenvalue weighted by Gasteiger charge is -2.35. The second kappa shape index (κ2) is 2.40. The van der Waals surface area contributed by atoms with Crippen LogP contribution in [-0.4, -0.2) is 53.5 Å². The Morgan fingerprint density at radius 1 is 1.36 bits per heavy atom. The van der Waals surface area contributed by atoms with Crippen LogP contribution in [0.4, 0.5) is 4.79 Å². The molecule has 74 valence electrons. The van der Waals surface area contributed by atoms with E-state index in [1.54, 1.807) is 18.9 Å². The molecule has 2 rings (SSSR count). The van der Waals surface area contributed by atoms with Gasteiger partial charge in [-0.2, -0.15) is 4.99 Å². The summed E-state index contributed by atoms with van der Waals surface area (Å²) >= 11 is 0. The van der Waals surface area contributed by atoms with Gasteiger partial charge in [0.05, 0.1) is 6.34 Å². The Kier molecular flexibility index (Phi) is 1.52. The molecule has 0 aromatic carbocycles. The van der Waals surface area contributed by atoms with E-state index >= 15 is 0 Å². The minimum atomic E-state index is -0.914. The van der Waals surface area contributed by atoms with Crippen LogP contribution in [-0.2, 0) is 4.79 Å². The number of hydrogen-bond donors (Lipinski definition) is 0. The summed E-state index contributed by atoms with van der Waals surface area (Å²) in [5.41, 5.74) is -0.914. The summed E-state index contributed by atoms with van der Waals surface area (Å²) in [6.45, 7) is 1.70. The molecule has 2 aliphatic rings. The average Bonchev–Trinajstić information content (AvgIpc) is 2.43. The summed E-state index contributed by atoms with van der Waals surface area (Å²) in [5.74, 6) is -0.0272. The quantitative estimate of drug-likeness (QED) is 0.532. The van der Waals surface area contributed by atoms with Crippen LogP contribution in [0.5, 0.6) is 0 Å². The van der Waals surface area contributed by atoms with Gasteiger partial charge in [-0.1, -0.05) is 0 Å². The fraction of sp³-hybridized carbons (Fsp3) is 0.500. The molecule has 3 amide bonds. The van der Waals surface area contributed by atoms with Gasteiger partial charge in [-0.25, -0.2) is 9.79 Å². The number of hydrogen-bond acceptors (Lipinski definition) is 4. The minimum absolute atomic E-state index is 0.271. The van der Waals surface area contributed by atoms with E-state index in [-0.39, 0.29) is 11.7 Å². The first kappa shape index (κ1) is 8.86. The SMILES string of the molecule is CN1C(=O)N=C2N=CN(C)C2(C)C1=O. The van der Waals surface area contributed by atoms with Gasteiger partial charge in [0.1, 0.15) is 0 Å². The Bertz CT molecular complexity index is 387. The molecule has 0 aromatic heterocycles. The molecule has 1 unspecified atom stereocenters. The van der Waals surface area contributed by atoms with Gasteiger partial charge in [0, 0.05) is 14.1 Å². The Morgan fingerprint density at radius 3 is 2.64 bits per heavy atom. The molecule has 0 saturated carbocycles. The molecule has 6 heteroatoms. The number of carbonyl (C=O) groups excluding carboxylic acids is 2. The van der Waals surface area contributed by atoms with Gasteiger partial charge in [0.25, 0.3) is 5.91 Å². The van der Waals surface area contributed by atoms with Crippen LogP contribution < -0.4 is 0 Å². The van der Waals surface area contributed by atoms with Crippen molar-refractivity contribution >= 4 is 24.1 Å². The lowest BCUT2D eigenvalue weighted by Crippen LogP contribution is -2.60. The molecule has 6 nitrogen and oxygen atoms in total. The number of aliphatic imine (C=N–C) groups is 2. The van der Waals surface area contributed by atoms with Gasteiger partial charge < -0.3 is 4.90 Å². The topological polar surface area (TPSA) is 65.3 Å². The van der Waals surface area contributed by atoms with Crippen molar-refractivity contribution in [2.45, 2.75) is 12.5 Å². The molecule has 0 fully saturated rings. The van der Waals surface area contributed by atoms with Crippen LogP contribution in [0.3, 0.4) is 0 Å². The maximum atomic E-state index is 11.9. The number of likely N-dealkylation sites (N-methyl/N-ethyl adjacent to an activating group) is 2. The van der Waals surface area contributed by atoms with Gasteiger partial charge in [-0.3, -0.25) is 9.69 Å². The highest BCUT2D eigenvalue weighted by molar-refractivity contribution is 6.25. The monoisotopic (exact) mass is 194 g/mol. The second-order valence-electron chi connectivity index (χ2n) is 3.51. The van der Waals surface area contributed by atoms with Crippen molar-refractivity contribution in [2.75, 3.05) is 14.1 Å². The summed E-state index contributed by atoms with van der Waals surface area (Å²) in [6.07, 6.45) is 1.50. The highest BCUT2D eigenvalue weighted by atomic mass is 16.2. The van der Waals surface area contributed by atoms with E-state index in [0.717, 1.165) is 4.90 Å². The molecule has 1 atom stereocenters. The van der Waals surface area contributed by atoms with Crippen molar-refractivity contribution in [3.63, 3.8) is 0 Å². The molecule has 0 aliphatic carbocycles. The largest absolute Gasteiger partial charge is 0.351 e. The van der Waals surface area contributed by atoms with Crippen molar-refractivity contribution < 1.29 is 9.59 Å². The predicted octanol–water partition coefficient (Wildman–Crippen LogP) is -0.291. The summed E-state index contributed by atoms with van der Waals surface area (Å²) in [7, 11) is 3.15. The fourth-order valence-corrected chi connectivity index (χ4v) is 1.50. The molecule has 0 radical (unpaired) electrons. The molecule has 0 spiro atoms. The fourth-order valence-electron chi connectivity index (χ4n) is 1.50. The molecule has 2 aliphatic heterocycles. The van der Waals surface area contributed by atoms with E-state index in [4.69, 9.17) is 0 Å². The third-order valence-electron chi connectivity index (χ3n) is 2.70. The number of imide groups is 1. The lowest BCUT2D eigenvalue weighted by atomic mass is 9.97. The maximum Gasteiger partial charge on any atom is 0.351 e. The van der Waals surface area contributed by atoms with Crippen LogP contribution in [0.2, 0.25) is 0 Å². The summed E-state index contributed by atoms with van der Waals surface area (Å²) in [6, 6.07) is -0.560. The van der Waals surface area contributed by atoms with E-state index in [0.29, 0.717) is 0 Å².